The number of carbonyl (C=O) groups excluding carboxylic acids is 2. The van der Waals surface area contributed by atoms with Gasteiger partial charge >= 0.3 is 0 Å². The molecule has 1 aliphatic heterocycles. The molecule has 1 N–H and O–H groups in total. The van der Waals surface area contributed by atoms with Crippen molar-refractivity contribution < 1.29 is 18.0 Å². The summed E-state index contributed by atoms with van der Waals surface area (Å²) in [4.78, 5) is 24.0. The molecular weight excluding hydrogens is 294 g/mol. The molecule has 8 heteroatoms. The van der Waals surface area contributed by atoms with E-state index in [2.05, 4.69) is 10.4 Å². The molecule has 0 saturated heterocycles. The molecule has 1 heterocycles. The molecule has 0 fully saturated rings. The molecule has 7 nitrogen and oxygen atoms in total. The zero-order valence-corrected chi connectivity index (χ0v) is 12.4. The summed E-state index contributed by atoms with van der Waals surface area (Å²) in [5, 5.41) is 7.63. The van der Waals surface area contributed by atoms with Crippen LogP contribution < -0.4 is 5.32 Å². The Balaban J connectivity index is 2.07. The number of nitrogens with one attached hydrogen (secondary N) is 1. The predicted molar refractivity (Wildman–Crippen MR) is 77.6 cm³/mol. The van der Waals surface area contributed by atoms with Crippen molar-refractivity contribution in [1.82, 2.24) is 5.01 Å². The first-order chi connectivity index (χ1) is 9.82. The molecule has 0 aromatic heterocycles. The number of sulfone groups is 1. The first-order valence-electron chi connectivity index (χ1n) is 6.29. The Labute approximate surface area is 122 Å². The second kappa shape index (κ2) is 5.65. The van der Waals surface area contributed by atoms with E-state index in [1.807, 2.05) is 0 Å². The Bertz CT molecular complexity index is 695. The molecule has 1 aromatic carbocycles. The average molecular weight is 309 g/mol. The fraction of sp³-hybridized carbons (Fsp3) is 0.308. The molecule has 0 saturated carbocycles. The van der Waals surface area contributed by atoms with Crippen molar-refractivity contribution in [3.8, 4) is 0 Å². The van der Waals surface area contributed by atoms with Gasteiger partial charge in [-0.15, -0.1) is 0 Å². The van der Waals surface area contributed by atoms with Gasteiger partial charge in [0.05, 0.1) is 4.90 Å². The Morgan fingerprint density at radius 3 is 2.43 bits per heavy atom. The Hall–Kier alpha value is -2.22. The highest BCUT2D eigenvalue weighted by Gasteiger charge is 2.33. The zero-order chi connectivity index (χ0) is 15.6. The number of benzene rings is 1. The van der Waals surface area contributed by atoms with Gasteiger partial charge in [0.2, 0.25) is 5.91 Å². The van der Waals surface area contributed by atoms with E-state index < -0.39 is 21.7 Å². The first kappa shape index (κ1) is 15.2. The molecule has 1 atom stereocenters. The standard InChI is InChI=1S/C13H15N3O4S/c1-3-16-13(18)11(8-14-16)12(17)15-9-4-6-10(7-5-9)21(2,19)20/h4-8,11H,3H2,1-2H3,(H,15,17). The van der Waals surface area contributed by atoms with E-state index in [0.717, 1.165) is 6.26 Å². The summed E-state index contributed by atoms with van der Waals surface area (Å²) in [5.74, 6) is -1.81. The third-order valence-electron chi connectivity index (χ3n) is 3.01. The number of hydrazone groups is 1. The number of carbonyl (C=O) groups is 2. The van der Waals surface area contributed by atoms with Crippen LogP contribution in [0.5, 0.6) is 0 Å². The number of rotatable bonds is 4. The van der Waals surface area contributed by atoms with Crippen LogP contribution in [0.4, 0.5) is 5.69 Å². The smallest absolute Gasteiger partial charge is 0.260 e. The van der Waals surface area contributed by atoms with Crippen molar-refractivity contribution in [1.29, 1.82) is 0 Å². The summed E-state index contributed by atoms with van der Waals surface area (Å²) in [6, 6.07) is 5.74. The van der Waals surface area contributed by atoms with Gasteiger partial charge in [0.25, 0.3) is 5.91 Å². The summed E-state index contributed by atoms with van der Waals surface area (Å²) in [5.41, 5.74) is 0.420. The maximum atomic E-state index is 12.0. The second-order valence-electron chi connectivity index (χ2n) is 4.58. The lowest BCUT2D eigenvalue weighted by molar-refractivity contribution is -0.135. The number of hydrogen-bond acceptors (Lipinski definition) is 5. The number of hydrogen-bond donors (Lipinski definition) is 1. The quantitative estimate of drug-likeness (QED) is 0.819. The molecule has 2 amide bonds. The van der Waals surface area contributed by atoms with Gasteiger partial charge in [0.15, 0.2) is 15.8 Å². The van der Waals surface area contributed by atoms with Crippen LogP contribution >= 0.6 is 0 Å². The largest absolute Gasteiger partial charge is 0.325 e. The SMILES string of the molecule is CCN1N=CC(C(=O)Nc2ccc(S(C)(=O)=O)cc2)C1=O. The molecule has 1 unspecified atom stereocenters. The summed E-state index contributed by atoms with van der Waals surface area (Å²) in [7, 11) is -3.28. The predicted octanol–water partition coefficient (Wildman–Crippen LogP) is 0.493. The highest BCUT2D eigenvalue weighted by atomic mass is 32.2. The van der Waals surface area contributed by atoms with E-state index in [0.29, 0.717) is 12.2 Å². The molecule has 1 aliphatic rings. The van der Waals surface area contributed by atoms with E-state index in [1.165, 1.54) is 35.5 Å². The summed E-state index contributed by atoms with van der Waals surface area (Å²) >= 11 is 0. The molecule has 0 spiro atoms. The van der Waals surface area contributed by atoms with Gasteiger partial charge in [-0.1, -0.05) is 0 Å². The molecule has 0 radical (unpaired) electrons. The fourth-order valence-electron chi connectivity index (χ4n) is 1.85. The van der Waals surface area contributed by atoms with Crippen molar-refractivity contribution >= 4 is 33.6 Å². The van der Waals surface area contributed by atoms with Gasteiger partial charge < -0.3 is 5.32 Å². The van der Waals surface area contributed by atoms with E-state index in [-0.39, 0.29) is 10.8 Å². The zero-order valence-electron chi connectivity index (χ0n) is 11.6. The molecule has 21 heavy (non-hydrogen) atoms. The van der Waals surface area contributed by atoms with Crippen molar-refractivity contribution in [2.75, 3.05) is 18.1 Å². The van der Waals surface area contributed by atoms with E-state index in [9.17, 15) is 18.0 Å². The molecule has 0 aliphatic carbocycles. The maximum Gasteiger partial charge on any atom is 0.260 e. The van der Waals surface area contributed by atoms with Crippen LogP contribution in [0.15, 0.2) is 34.3 Å². The highest BCUT2D eigenvalue weighted by molar-refractivity contribution is 7.90. The first-order valence-corrected chi connectivity index (χ1v) is 8.18. The van der Waals surface area contributed by atoms with Crippen molar-refractivity contribution in [3.63, 3.8) is 0 Å². The highest BCUT2D eigenvalue weighted by Crippen LogP contribution is 2.16. The van der Waals surface area contributed by atoms with Crippen LogP contribution in [0.25, 0.3) is 0 Å². The summed E-state index contributed by atoms with van der Waals surface area (Å²) in [6.07, 6.45) is 2.40. The van der Waals surface area contributed by atoms with E-state index in [4.69, 9.17) is 0 Å². The monoisotopic (exact) mass is 309 g/mol. The van der Waals surface area contributed by atoms with Crippen molar-refractivity contribution in [2.24, 2.45) is 11.0 Å². The van der Waals surface area contributed by atoms with Gasteiger partial charge in [0.1, 0.15) is 0 Å². The van der Waals surface area contributed by atoms with Crippen LogP contribution in [0.1, 0.15) is 6.92 Å². The fourth-order valence-corrected chi connectivity index (χ4v) is 2.48. The molecule has 0 bridgehead atoms. The number of anilines is 1. The van der Waals surface area contributed by atoms with E-state index >= 15 is 0 Å². The topological polar surface area (TPSA) is 95.9 Å². The lowest BCUT2D eigenvalue weighted by atomic mass is 10.1. The molecule has 1 aromatic rings. The number of nitrogens with zero attached hydrogens (tertiary/aromatic N) is 2. The van der Waals surface area contributed by atoms with Crippen molar-refractivity contribution in [3.05, 3.63) is 24.3 Å². The van der Waals surface area contributed by atoms with E-state index in [1.54, 1.807) is 6.92 Å². The minimum atomic E-state index is -3.28. The van der Waals surface area contributed by atoms with Gasteiger partial charge in [-0.05, 0) is 31.2 Å². The van der Waals surface area contributed by atoms with Crippen molar-refractivity contribution in [2.45, 2.75) is 11.8 Å². The minimum absolute atomic E-state index is 0.163. The van der Waals surface area contributed by atoms with Crippen LogP contribution in [-0.2, 0) is 19.4 Å². The van der Waals surface area contributed by atoms with Crippen LogP contribution in [-0.4, -0.2) is 44.3 Å². The Morgan fingerprint density at radius 1 is 1.33 bits per heavy atom. The third kappa shape index (κ3) is 3.27. The lowest BCUT2D eigenvalue weighted by Crippen LogP contribution is -2.34. The Morgan fingerprint density at radius 2 is 1.95 bits per heavy atom. The third-order valence-corrected chi connectivity index (χ3v) is 4.14. The summed E-state index contributed by atoms with van der Waals surface area (Å²) in [6.45, 7) is 2.17. The van der Waals surface area contributed by atoms with Gasteiger partial charge in [-0.3, -0.25) is 9.59 Å². The number of amides is 2. The van der Waals surface area contributed by atoms with Gasteiger partial charge in [-0.2, -0.15) is 5.10 Å². The average Bonchev–Trinajstić information content (AvgIpc) is 2.79. The molecular formula is C13H15N3O4S. The van der Waals surface area contributed by atoms with Gasteiger partial charge in [0, 0.05) is 24.7 Å². The van der Waals surface area contributed by atoms with Crippen LogP contribution in [0, 0.1) is 5.92 Å². The van der Waals surface area contributed by atoms with Crippen LogP contribution in [0.2, 0.25) is 0 Å². The minimum Gasteiger partial charge on any atom is -0.325 e. The van der Waals surface area contributed by atoms with Crippen LogP contribution in [0.3, 0.4) is 0 Å². The summed E-state index contributed by atoms with van der Waals surface area (Å²) < 4.78 is 22.7. The lowest BCUT2D eigenvalue weighted by Gasteiger charge is -2.12. The normalized spacial score (nSPS) is 18.1. The molecule has 2 rings (SSSR count). The molecule has 112 valence electrons. The maximum absolute atomic E-state index is 12.0. The second-order valence-corrected chi connectivity index (χ2v) is 6.60. The van der Waals surface area contributed by atoms with Gasteiger partial charge in [-0.25, -0.2) is 13.4 Å². The Kier molecular flexibility index (Phi) is 4.08.